The number of aromatic amines is 1. The van der Waals surface area contributed by atoms with E-state index in [-0.39, 0.29) is 17.4 Å². The molecule has 0 aromatic carbocycles. The van der Waals surface area contributed by atoms with Crippen molar-refractivity contribution in [2.45, 2.75) is 37.6 Å². The molecule has 1 amide bonds. The van der Waals surface area contributed by atoms with E-state index in [1.807, 2.05) is 4.90 Å². The Morgan fingerprint density at radius 2 is 2.19 bits per heavy atom. The number of fused-ring (bicyclic) bond motifs is 1. The largest absolute Gasteiger partial charge is 0.381 e. The van der Waals surface area contributed by atoms with E-state index in [2.05, 4.69) is 33.0 Å². The lowest BCUT2D eigenvalue weighted by molar-refractivity contribution is -0.125. The molecule has 2 aromatic heterocycles. The summed E-state index contributed by atoms with van der Waals surface area (Å²) >= 11 is 0. The lowest BCUT2D eigenvalue weighted by atomic mass is 9.92. The average molecular weight is 367 g/mol. The summed E-state index contributed by atoms with van der Waals surface area (Å²) in [5.74, 6) is 1.37. The van der Waals surface area contributed by atoms with Crippen molar-refractivity contribution in [3.05, 3.63) is 30.7 Å². The number of anilines is 1. The summed E-state index contributed by atoms with van der Waals surface area (Å²) in [7, 11) is 0. The molecule has 0 unspecified atom stereocenters. The molecule has 1 aliphatic carbocycles. The van der Waals surface area contributed by atoms with Crippen LogP contribution in [0.1, 0.15) is 37.2 Å². The molecule has 4 heterocycles. The standard InChI is InChI=1S/C20H25N5O2/c1-2-16(26)25-10-15(20(11-25)5-6-20)24-19-17-14(13-3-7-27-8-4-13)9-21-18(17)22-12-23-19/h2,9,12-13,15H,1,3-8,10-11H2,(H2,21,22,23,24)/t15-/m0/s1. The third-order valence-electron chi connectivity index (χ3n) is 6.50. The Balaban J connectivity index is 1.46. The first kappa shape index (κ1) is 16.7. The zero-order valence-corrected chi connectivity index (χ0v) is 15.4. The van der Waals surface area contributed by atoms with Crippen LogP contribution in [-0.2, 0) is 9.53 Å². The second-order valence-corrected chi connectivity index (χ2v) is 8.06. The number of carbonyl (C=O) groups excluding carboxylic acids is 1. The second kappa shape index (κ2) is 6.34. The van der Waals surface area contributed by atoms with Crippen LogP contribution in [0.2, 0.25) is 0 Å². The van der Waals surface area contributed by atoms with E-state index in [1.54, 1.807) is 6.33 Å². The smallest absolute Gasteiger partial charge is 0.246 e. The molecule has 5 rings (SSSR count). The number of ether oxygens (including phenoxy) is 1. The Morgan fingerprint density at radius 3 is 2.93 bits per heavy atom. The fourth-order valence-corrected chi connectivity index (χ4v) is 4.72. The highest BCUT2D eigenvalue weighted by molar-refractivity contribution is 5.91. The molecule has 0 bridgehead atoms. The molecule has 142 valence electrons. The predicted molar refractivity (Wildman–Crippen MR) is 103 cm³/mol. The highest BCUT2D eigenvalue weighted by Gasteiger charge is 2.56. The minimum absolute atomic E-state index is 0.0166. The monoisotopic (exact) mass is 367 g/mol. The van der Waals surface area contributed by atoms with Gasteiger partial charge in [-0.1, -0.05) is 6.58 Å². The van der Waals surface area contributed by atoms with Crippen LogP contribution >= 0.6 is 0 Å². The zero-order valence-electron chi connectivity index (χ0n) is 15.4. The summed E-state index contributed by atoms with van der Waals surface area (Å²) in [5, 5.41) is 4.77. The Bertz CT molecular complexity index is 882. The van der Waals surface area contributed by atoms with E-state index in [1.165, 1.54) is 11.6 Å². The maximum atomic E-state index is 12.1. The van der Waals surface area contributed by atoms with Gasteiger partial charge in [0, 0.05) is 37.9 Å². The summed E-state index contributed by atoms with van der Waals surface area (Å²) in [6, 6.07) is 0.219. The van der Waals surface area contributed by atoms with Crippen LogP contribution < -0.4 is 5.32 Å². The van der Waals surface area contributed by atoms with E-state index < -0.39 is 0 Å². The lowest BCUT2D eigenvalue weighted by Crippen LogP contribution is -2.31. The first-order chi connectivity index (χ1) is 13.2. The van der Waals surface area contributed by atoms with Crippen LogP contribution in [0, 0.1) is 5.41 Å². The second-order valence-electron chi connectivity index (χ2n) is 8.06. The first-order valence-electron chi connectivity index (χ1n) is 9.78. The lowest BCUT2D eigenvalue weighted by Gasteiger charge is -2.23. The topological polar surface area (TPSA) is 83.1 Å². The number of aromatic nitrogens is 3. The first-order valence-corrected chi connectivity index (χ1v) is 9.78. The van der Waals surface area contributed by atoms with Crippen molar-refractivity contribution in [2.75, 3.05) is 31.6 Å². The van der Waals surface area contributed by atoms with Crippen molar-refractivity contribution < 1.29 is 9.53 Å². The Hall–Kier alpha value is -2.41. The number of likely N-dealkylation sites (tertiary alicyclic amines) is 1. The van der Waals surface area contributed by atoms with Crippen LogP contribution in [0.3, 0.4) is 0 Å². The van der Waals surface area contributed by atoms with Crippen molar-refractivity contribution in [3.63, 3.8) is 0 Å². The fraction of sp³-hybridized carbons (Fsp3) is 0.550. The van der Waals surface area contributed by atoms with Crippen LogP contribution in [0.4, 0.5) is 5.82 Å². The van der Waals surface area contributed by atoms with Gasteiger partial charge in [-0.2, -0.15) is 0 Å². The number of hydrogen-bond donors (Lipinski definition) is 2. The molecule has 7 nitrogen and oxygen atoms in total. The molecule has 7 heteroatoms. The summed E-state index contributed by atoms with van der Waals surface area (Å²) < 4.78 is 5.53. The van der Waals surface area contributed by atoms with Gasteiger partial charge in [0.15, 0.2) is 0 Å². The minimum Gasteiger partial charge on any atom is -0.381 e. The minimum atomic E-state index is 0.0166. The van der Waals surface area contributed by atoms with Crippen LogP contribution in [0.5, 0.6) is 0 Å². The molecule has 3 aliphatic rings. The number of nitrogens with one attached hydrogen (secondary N) is 2. The molecular weight excluding hydrogens is 342 g/mol. The average Bonchev–Trinajstić information content (AvgIpc) is 3.20. The summed E-state index contributed by atoms with van der Waals surface area (Å²) in [6.45, 7) is 6.75. The number of hydrogen-bond acceptors (Lipinski definition) is 5. The van der Waals surface area contributed by atoms with Crippen LogP contribution in [0.15, 0.2) is 25.2 Å². The van der Waals surface area contributed by atoms with Crippen LogP contribution in [-0.4, -0.2) is 58.1 Å². The van der Waals surface area contributed by atoms with Gasteiger partial charge in [0.2, 0.25) is 5.91 Å². The number of H-pyrrole nitrogens is 1. The van der Waals surface area contributed by atoms with Gasteiger partial charge in [0.1, 0.15) is 17.8 Å². The highest BCUT2D eigenvalue weighted by Crippen LogP contribution is 2.54. The van der Waals surface area contributed by atoms with E-state index in [0.717, 1.165) is 62.3 Å². The SMILES string of the molecule is C=CC(=O)N1C[C@H](Nc2ncnc3[nH]cc(C4CCOCC4)c23)C2(CC2)C1. The number of amides is 1. The fourth-order valence-electron chi connectivity index (χ4n) is 4.72. The van der Waals surface area contributed by atoms with Gasteiger partial charge in [-0.3, -0.25) is 4.79 Å². The molecule has 2 N–H and O–H groups in total. The number of nitrogens with zero attached hydrogens (tertiary/aromatic N) is 3. The molecule has 1 atom stereocenters. The third-order valence-corrected chi connectivity index (χ3v) is 6.50. The van der Waals surface area contributed by atoms with E-state index in [4.69, 9.17) is 4.74 Å². The van der Waals surface area contributed by atoms with Crippen LogP contribution in [0.25, 0.3) is 11.0 Å². The number of carbonyl (C=O) groups is 1. The van der Waals surface area contributed by atoms with Gasteiger partial charge in [0.05, 0.1) is 11.4 Å². The van der Waals surface area contributed by atoms with Gasteiger partial charge in [-0.15, -0.1) is 0 Å². The predicted octanol–water partition coefficient (Wildman–Crippen LogP) is 2.44. The Labute approximate surface area is 158 Å². The summed E-state index contributed by atoms with van der Waals surface area (Å²) in [5.41, 5.74) is 2.33. The van der Waals surface area contributed by atoms with Crippen molar-refractivity contribution in [1.29, 1.82) is 0 Å². The highest BCUT2D eigenvalue weighted by atomic mass is 16.5. The van der Waals surface area contributed by atoms with Crippen molar-refractivity contribution in [2.24, 2.45) is 5.41 Å². The molecule has 2 aliphatic heterocycles. The van der Waals surface area contributed by atoms with Gasteiger partial charge < -0.3 is 19.9 Å². The molecule has 2 aromatic rings. The molecule has 1 saturated carbocycles. The van der Waals surface area contributed by atoms with Gasteiger partial charge >= 0.3 is 0 Å². The van der Waals surface area contributed by atoms with E-state index in [0.29, 0.717) is 12.5 Å². The molecule has 2 saturated heterocycles. The van der Waals surface area contributed by atoms with Gasteiger partial charge in [-0.05, 0) is 43.2 Å². The van der Waals surface area contributed by atoms with E-state index in [9.17, 15) is 4.79 Å². The summed E-state index contributed by atoms with van der Waals surface area (Å²) in [4.78, 5) is 26.3. The summed E-state index contributed by atoms with van der Waals surface area (Å²) in [6.07, 6.45) is 9.45. The quantitative estimate of drug-likeness (QED) is 0.811. The Morgan fingerprint density at radius 1 is 1.37 bits per heavy atom. The van der Waals surface area contributed by atoms with E-state index >= 15 is 0 Å². The maximum absolute atomic E-state index is 12.1. The van der Waals surface area contributed by atoms with Crippen molar-refractivity contribution >= 4 is 22.8 Å². The van der Waals surface area contributed by atoms with Gasteiger partial charge in [0.25, 0.3) is 0 Å². The molecule has 27 heavy (non-hydrogen) atoms. The molecular formula is C20H25N5O2. The molecule has 1 spiro atoms. The van der Waals surface area contributed by atoms with Gasteiger partial charge in [-0.25, -0.2) is 9.97 Å². The third kappa shape index (κ3) is 2.81. The normalized spacial score (nSPS) is 24.4. The zero-order chi connectivity index (χ0) is 18.4. The van der Waals surface area contributed by atoms with Crippen molar-refractivity contribution in [3.8, 4) is 0 Å². The molecule has 0 radical (unpaired) electrons. The molecule has 3 fully saturated rings. The Kier molecular flexibility index (Phi) is 3.93. The van der Waals surface area contributed by atoms with Crippen molar-refractivity contribution in [1.82, 2.24) is 19.9 Å². The maximum Gasteiger partial charge on any atom is 0.246 e. The number of rotatable bonds is 4.